The summed E-state index contributed by atoms with van der Waals surface area (Å²) in [6, 6.07) is 5.75. The monoisotopic (exact) mass is 445 g/mol. The minimum atomic E-state index is 0.0415. The molecular weight excluding hydrogens is 437 g/mol. The van der Waals surface area contributed by atoms with E-state index in [0.29, 0.717) is 12.1 Å². The molecule has 0 heterocycles. The summed E-state index contributed by atoms with van der Waals surface area (Å²) in [6.07, 6.45) is 0. The lowest BCUT2D eigenvalue weighted by atomic mass is 10.2. The second-order valence-electron chi connectivity index (χ2n) is 3.04. The number of nitrogens with zero attached hydrogens (tertiary/aromatic N) is 1. The molecule has 0 atom stereocenters. The Kier molecular flexibility index (Phi) is 5.56. The Morgan fingerprint density at radius 3 is 2.80 bits per heavy atom. The number of amides is 1. The Labute approximate surface area is 120 Å². The number of halogens is 3. The lowest BCUT2D eigenvalue weighted by Crippen LogP contribution is -2.28. The summed E-state index contributed by atoms with van der Waals surface area (Å²) in [5.74, 6) is 0.0415. The van der Waals surface area contributed by atoms with Crippen molar-refractivity contribution in [2.75, 3.05) is 18.9 Å². The van der Waals surface area contributed by atoms with Crippen molar-refractivity contribution in [1.82, 2.24) is 4.90 Å². The van der Waals surface area contributed by atoms with Gasteiger partial charge in [-0.25, -0.2) is 0 Å². The van der Waals surface area contributed by atoms with Crippen molar-refractivity contribution in [3.05, 3.63) is 31.8 Å². The van der Waals surface area contributed by atoms with Crippen LogP contribution in [-0.2, 0) is 0 Å². The zero-order valence-corrected chi connectivity index (χ0v) is 13.5. The molecule has 1 aromatic carbocycles. The minimum absolute atomic E-state index is 0.0415. The van der Waals surface area contributed by atoms with Gasteiger partial charge in [0.25, 0.3) is 5.91 Å². The maximum Gasteiger partial charge on any atom is 0.254 e. The molecule has 0 spiro atoms. The first kappa shape index (κ1) is 13.4. The highest BCUT2D eigenvalue weighted by molar-refractivity contribution is 14.1. The first-order valence-corrected chi connectivity index (χ1v) is 7.32. The number of rotatable bonds is 3. The third kappa shape index (κ3) is 3.71. The van der Waals surface area contributed by atoms with Crippen LogP contribution in [0.1, 0.15) is 10.4 Å². The van der Waals surface area contributed by atoms with Gasteiger partial charge in [-0.3, -0.25) is 4.79 Å². The van der Waals surface area contributed by atoms with Crippen LogP contribution in [0, 0.1) is 3.57 Å². The van der Waals surface area contributed by atoms with Gasteiger partial charge in [0.05, 0.1) is 5.56 Å². The average molecular weight is 447 g/mol. The van der Waals surface area contributed by atoms with Gasteiger partial charge in [-0.1, -0.05) is 15.9 Å². The van der Waals surface area contributed by atoms with Crippen LogP contribution in [0.4, 0.5) is 0 Å². The molecule has 0 aliphatic heterocycles. The fraction of sp³-hybridized carbons (Fsp3) is 0.300. The second kappa shape index (κ2) is 6.20. The van der Waals surface area contributed by atoms with Crippen LogP contribution in [0.15, 0.2) is 22.7 Å². The number of benzene rings is 1. The standard InChI is InChI=1S/C10H10Br2INO/c1-14(5-4-11)10(15)8-6-7(13)2-3-9(8)12/h2-3,6H,4-5H2,1H3. The Morgan fingerprint density at radius 1 is 1.53 bits per heavy atom. The van der Waals surface area contributed by atoms with Gasteiger partial charge in [-0.2, -0.15) is 0 Å². The molecule has 0 aliphatic carbocycles. The molecule has 0 saturated carbocycles. The van der Waals surface area contributed by atoms with E-state index in [9.17, 15) is 4.79 Å². The lowest BCUT2D eigenvalue weighted by Gasteiger charge is -2.16. The summed E-state index contributed by atoms with van der Waals surface area (Å²) in [5.41, 5.74) is 0.713. The SMILES string of the molecule is CN(CCBr)C(=O)c1cc(I)ccc1Br. The van der Waals surface area contributed by atoms with Crippen molar-refractivity contribution in [1.29, 1.82) is 0 Å². The van der Waals surface area contributed by atoms with Gasteiger partial charge in [-0.05, 0) is 56.7 Å². The molecule has 0 fully saturated rings. The largest absolute Gasteiger partial charge is 0.341 e. The van der Waals surface area contributed by atoms with Crippen molar-refractivity contribution in [2.45, 2.75) is 0 Å². The number of carbonyl (C=O) groups is 1. The highest BCUT2D eigenvalue weighted by Gasteiger charge is 2.14. The van der Waals surface area contributed by atoms with Crippen LogP contribution in [0.2, 0.25) is 0 Å². The molecule has 0 N–H and O–H groups in total. The Balaban J connectivity index is 2.95. The molecule has 0 unspecified atom stereocenters. The van der Waals surface area contributed by atoms with Crippen LogP contribution in [-0.4, -0.2) is 29.7 Å². The molecule has 15 heavy (non-hydrogen) atoms. The zero-order valence-electron chi connectivity index (χ0n) is 8.14. The molecule has 1 aromatic rings. The maximum absolute atomic E-state index is 12.0. The summed E-state index contributed by atoms with van der Waals surface area (Å²) < 4.78 is 1.90. The second-order valence-corrected chi connectivity index (χ2v) is 5.93. The van der Waals surface area contributed by atoms with Crippen LogP contribution < -0.4 is 0 Å². The third-order valence-electron chi connectivity index (χ3n) is 1.93. The van der Waals surface area contributed by atoms with Gasteiger partial charge < -0.3 is 4.90 Å². The van der Waals surface area contributed by atoms with Gasteiger partial charge in [0, 0.05) is 27.0 Å². The van der Waals surface area contributed by atoms with E-state index in [2.05, 4.69) is 54.5 Å². The maximum atomic E-state index is 12.0. The minimum Gasteiger partial charge on any atom is -0.341 e. The molecule has 2 nitrogen and oxygen atoms in total. The van der Waals surface area contributed by atoms with Crippen molar-refractivity contribution in [3.8, 4) is 0 Å². The number of alkyl halides is 1. The van der Waals surface area contributed by atoms with Gasteiger partial charge in [0.1, 0.15) is 0 Å². The normalized spacial score (nSPS) is 10.1. The molecule has 0 radical (unpaired) electrons. The van der Waals surface area contributed by atoms with E-state index in [-0.39, 0.29) is 5.91 Å². The lowest BCUT2D eigenvalue weighted by molar-refractivity contribution is 0.0803. The van der Waals surface area contributed by atoms with Crippen molar-refractivity contribution >= 4 is 60.4 Å². The Bertz CT molecular complexity index is 370. The molecular formula is C10H10Br2INO. The molecule has 0 bridgehead atoms. The van der Waals surface area contributed by atoms with Crippen LogP contribution >= 0.6 is 54.5 Å². The number of hydrogen-bond donors (Lipinski definition) is 0. The summed E-state index contributed by atoms with van der Waals surface area (Å²) in [5, 5.41) is 0.788. The highest BCUT2D eigenvalue weighted by Crippen LogP contribution is 2.20. The first-order valence-electron chi connectivity index (χ1n) is 4.32. The van der Waals surface area contributed by atoms with Gasteiger partial charge in [0.2, 0.25) is 0 Å². The summed E-state index contributed by atoms with van der Waals surface area (Å²) in [7, 11) is 1.80. The third-order valence-corrected chi connectivity index (χ3v) is 3.64. The fourth-order valence-corrected chi connectivity index (χ4v) is 2.53. The molecule has 0 saturated heterocycles. The summed E-state index contributed by atoms with van der Waals surface area (Å²) >= 11 is 8.90. The molecule has 0 aliphatic rings. The molecule has 1 rings (SSSR count). The van der Waals surface area contributed by atoms with Crippen LogP contribution in [0.5, 0.6) is 0 Å². The predicted molar refractivity (Wildman–Crippen MR) is 77.6 cm³/mol. The molecule has 5 heteroatoms. The van der Waals surface area contributed by atoms with Crippen molar-refractivity contribution in [2.24, 2.45) is 0 Å². The van der Waals surface area contributed by atoms with E-state index < -0.39 is 0 Å². The van der Waals surface area contributed by atoms with Crippen LogP contribution in [0.25, 0.3) is 0 Å². The highest BCUT2D eigenvalue weighted by atomic mass is 127. The van der Waals surface area contributed by atoms with Gasteiger partial charge in [0.15, 0.2) is 0 Å². The summed E-state index contributed by atoms with van der Waals surface area (Å²) in [4.78, 5) is 13.7. The van der Waals surface area contributed by atoms with E-state index in [1.165, 1.54) is 0 Å². The summed E-state index contributed by atoms with van der Waals surface area (Å²) in [6.45, 7) is 0.705. The van der Waals surface area contributed by atoms with E-state index in [1.807, 2.05) is 18.2 Å². The molecule has 0 aromatic heterocycles. The number of carbonyl (C=O) groups excluding carboxylic acids is 1. The average Bonchev–Trinajstić information content (AvgIpc) is 2.21. The van der Waals surface area contributed by atoms with E-state index in [1.54, 1.807) is 11.9 Å². The van der Waals surface area contributed by atoms with E-state index in [4.69, 9.17) is 0 Å². The quantitative estimate of drug-likeness (QED) is 0.514. The van der Waals surface area contributed by atoms with Gasteiger partial charge >= 0.3 is 0 Å². The van der Waals surface area contributed by atoms with E-state index in [0.717, 1.165) is 13.4 Å². The van der Waals surface area contributed by atoms with Crippen LogP contribution in [0.3, 0.4) is 0 Å². The topological polar surface area (TPSA) is 20.3 Å². The Hall–Kier alpha value is 0.380. The fourth-order valence-electron chi connectivity index (χ4n) is 1.10. The van der Waals surface area contributed by atoms with Gasteiger partial charge in [-0.15, -0.1) is 0 Å². The molecule has 1 amide bonds. The smallest absolute Gasteiger partial charge is 0.254 e. The Morgan fingerprint density at radius 2 is 2.20 bits per heavy atom. The zero-order chi connectivity index (χ0) is 11.4. The van der Waals surface area contributed by atoms with Crippen molar-refractivity contribution < 1.29 is 4.79 Å². The molecule has 82 valence electrons. The predicted octanol–water partition coefficient (Wildman–Crippen LogP) is 3.52. The van der Waals surface area contributed by atoms with Crippen molar-refractivity contribution in [3.63, 3.8) is 0 Å². The number of hydrogen-bond acceptors (Lipinski definition) is 1. The first-order chi connectivity index (χ1) is 7.06. The van der Waals surface area contributed by atoms with E-state index >= 15 is 0 Å².